The molecule has 2 fully saturated rings. The standard InChI is InChI=1S/C23H37N3O3/c1-17(2)25-12-8-19(9-13-25)28-20-10-14-26(15-11-20)18-6-7-21(24-16-18)22(27)29-23(3,4)5/h6-7,16-17,19-20H,8-15H2,1-5H3. The number of ether oxygens (including phenoxy) is 2. The van der Waals surface area contributed by atoms with E-state index in [-0.39, 0.29) is 5.97 Å². The molecule has 3 rings (SSSR count). The Balaban J connectivity index is 1.44. The molecular formula is C23H37N3O3. The summed E-state index contributed by atoms with van der Waals surface area (Å²) in [5.74, 6) is -0.375. The summed E-state index contributed by atoms with van der Waals surface area (Å²) in [6, 6.07) is 4.36. The fraction of sp³-hybridized carbons (Fsp3) is 0.739. The zero-order chi connectivity index (χ0) is 21.0. The highest BCUT2D eigenvalue weighted by atomic mass is 16.6. The maximum Gasteiger partial charge on any atom is 0.357 e. The van der Waals surface area contributed by atoms with Crippen molar-refractivity contribution in [3.63, 3.8) is 0 Å². The van der Waals surface area contributed by atoms with Crippen molar-refractivity contribution >= 4 is 11.7 Å². The number of esters is 1. The third kappa shape index (κ3) is 6.41. The molecule has 0 radical (unpaired) electrons. The first-order chi connectivity index (χ1) is 13.7. The molecule has 0 bridgehead atoms. The normalized spacial score (nSPS) is 20.3. The molecule has 0 N–H and O–H groups in total. The Morgan fingerprint density at radius 3 is 2.10 bits per heavy atom. The van der Waals surface area contributed by atoms with Crippen LogP contribution in [0.2, 0.25) is 0 Å². The summed E-state index contributed by atoms with van der Waals surface area (Å²) in [6.07, 6.45) is 6.92. The van der Waals surface area contributed by atoms with E-state index < -0.39 is 5.60 Å². The number of likely N-dealkylation sites (tertiary alicyclic amines) is 1. The number of anilines is 1. The van der Waals surface area contributed by atoms with Crippen LogP contribution in [0, 0.1) is 0 Å². The van der Waals surface area contributed by atoms with Crippen molar-refractivity contribution in [2.75, 3.05) is 31.1 Å². The number of aromatic nitrogens is 1. The van der Waals surface area contributed by atoms with E-state index in [1.165, 1.54) is 0 Å². The van der Waals surface area contributed by atoms with Crippen molar-refractivity contribution in [2.24, 2.45) is 0 Å². The van der Waals surface area contributed by atoms with Gasteiger partial charge in [0.15, 0.2) is 0 Å². The van der Waals surface area contributed by atoms with Gasteiger partial charge < -0.3 is 19.3 Å². The summed E-state index contributed by atoms with van der Waals surface area (Å²) >= 11 is 0. The van der Waals surface area contributed by atoms with Crippen LogP contribution < -0.4 is 4.90 Å². The summed E-state index contributed by atoms with van der Waals surface area (Å²) in [4.78, 5) is 21.3. The van der Waals surface area contributed by atoms with E-state index in [1.807, 2.05) is 26.8 Å². The summed E-state index contributed by atoms with van der Waals surface area (Å²) in [7, 11) is 0. The SMILES string of the molecule is CC(C)N1CCC(OC2CCN(c3ccc(C(=O)OC(C)(C)C)nc3)CC2)CC1. The largest absolute Gasteiger partial charge is 0.455 e. The van der Waals surface area contributed by atoms with Gasteiger partial charge in [0.1, 0.15) is 11.3 Å². The minimum Gasteiger partial charge on any atom is -0.455 e. The first-order valence-corrected chi connectivity index (χ1v) is 11.0. The number of carbonyl (C=O) groups excluding carboxylic acids is 1. The van der Waals surface area contributed by atoms with Crippen LogP contribution in [0.15, 0.2) is 18.3 Å². The molecule has 6 nitrogen and oxygen atoms in total. The van der Waals surface area contributed by atoms with Crippen molar-refractivity contribution in [1.29, 1.82) is 0 Å². The molecule has 0 saturated carbocycles. The van der Waals surface area contributed by atoms with Gasteiger partial charge in [-0.1, -0.05) is 0 Å². The molecule has 1 aromatic rings. The maximum atomic E-state index is 12.1. The summed E-state index contributed by atoms with van der Waals surface area (Å²) in [6.45, 7) is 14.3. The molecule has 0 spiro atoms. The van der Waals surface area contributed by atoms with Crippen molar-refractivity contribution in [3.05, 3.63) is 24.0 Å². The van der Waals surface area contributed by atoms with Gasteiger partial charge >= 0.3 is 5.97 Å². The molecule has 2 aliphatic rings. The highest BCUT2D eigenvalue weighted by molar-refractivity contribution is 5.87. The van der Waals surface area contributed by atoms with E-state index in [4.69, 9.17) is 9.47 Å². The monoisotopic (exact) mass is 403 g/mol. The average Bonchev–Trinajstić information content (AvgIpc) is 2.68. The first-order valence-electron chi connectivity index (χ1n) is 11.0. The molecule has 0 unspecified atom stereocenters. The van der Waals surface area contributed by atoms with E-state index >= 15 is 0 Å². The topological polar surface area (TPSA) is 54.9 Å². The molecule has 0 aliphatic carbocycles. The second kappa shape index (κ2) is 9.43. The molecular weight excluding hydrogens is 366 g/mol. The molecule has 2 saturated heterocycles. The lowest BCUT2D eigenvalue weighted by atomic mass is 10.0. The average molecular weight is 404 g/mol. The van der Waals surface area contributed by atoms with Crippen molar-refractivity contribution in [1.82, 2.24) is 9.88 Å². The van der Waals surface area contributed by atoms with Gasteiger partial charge in [0.2, 0.25) is 0 Å². The fourth-order valence-electron chi connectivity index (χ4n) is 4.07. The van der Waals surface area contributed by atoms with Crippen molar-refractivity contribution in [3.8, 4) is 0 Å². The van der Waals surface area contributed by atoms with E-state index in [1.54, 1.807) is 12.3 Å². The van der Waals surface area contributed by atoms with Crippen LogP contribution >= 0.6 is 0 Å². The molecule has 162 valence electrons. The van der Waals surface area contributed by atoms with Gasteiger partial charge in [-0.2, -0.15) is 0 Å². The van der Waals surface area contributed by atoms with Crippen LogP contribution in [0.1, 0.15) is 70.8 Å². The minimum absolute atomic E-state index is 0.356. The number of piperidine rings is 2. The van der Waals surface area contributed by atoms with Crippen LogP contribution in [0.25, 0.3) is 0 Å². The van der Waals surface area contributed by atoms with E-state index in [9.17, 15) is 4.79 Å². The molecule has 6 heteroatoms. The summed E-state index contributed by atoms with van der Waals surface area (Å²) in [5, 5.41) is 0. The molecule has 3 heterocycles. The minimum atomic E-state index is -0.509. The number of nitrogens with zero attached hydrogens (tertiary/aromatic N) is 3. The Bertz CT molecular complexity index is 653. The first kappa shape index (κ1) is 22.0. The van der Waals surface area contributed by atoms with E-state index in [0.717, 1.165) is 57.5 Å². The van der Waals surface area contributed by atoms with Gasteiger partial charge in [-0.3, -0.25) is 0 Å². The van der Waals surface area contributed by atoms with Gasteiger partial charge in [0, 0.05) is 32.2 Å². The molecule has 1 aromatic heterocycles. The zero-order valence-corrected chi connectivity index (χ0v) is 18.7. The lowest BCUT2D eigenvalue weighted by Gasteiger charge is -2.38. The Morgan fingerprint density at radius 2 is 1.62 bits per heavy atom. The number of hydrogen-bond acceptors (Lipinski definition) is 6. The lowest BCUT2D eigenvalue weighted by molar-refractivity contribution is -0.0540. The molecule has 0 amide bonds. The number of rotatable bonds is 5. The quantitative estimate of drug-likeness (QED) is 0.695. The van der Waals surface area contributed by atoms with Crippen LogP contribution in [0.3, 0.4) is 0 Å². The molecule has 0 atom stereocenters. The second-order valence-corrected chi connectivity index (χ2v) is 9.56. The number of carbonyl (C=O) groups is 1. The van der Waals surface area contributed by atoms with Crippen molar-refractivity contribution in [2.45, 2.75) is 84.2 Å². The van der Waals surface area contributed by atoms with Crippen LogP contribution in [0.4, 0.5) is 5.69 Å². The Labute approximate surface area is 175 Å². The van der Waals surface area contributed by atoms with Gasteiger partial charge in [-0.05, 0) is 72.4 Å². The molecule has 29 heavy (non-hydrogen) atoms. The van der Waals surface area contributed by atoms with Gasteiger partial charge in [0.25, 0.3) is 0 Å². The number of pyridine rings is 1. The van der Waals surface area contributed by atoms with Crippen LogP contribution in [-0.2, 0) is 9.47 Å². The smallest absolute Gasteiger partial charge is 0.357 e. The van der Waals surface area contributed by atoms with Crippen LogP contribution in [-0.4, -0.2) is 65.9 Å². The zero-order valence-electron chi connectivity index (χ0n) is 18.7. The Morgan fingerprint density at radius 1 is 1.03 bits per heavy atom. The van der Waals surface area contributed by atoms with Crippen LogP contribution in [0.5, 0.6) is 0 Å². The second-order valence-electron chi connectivity index (χ2n) is 9.56. The Hall–Kier alpha value is -1.66. The third-order valence-corrected chi connectivity index (χ3v) is 5.75. The predicted molar refractivity (Wildman–Crippen MR) is 115 cm³/mol. The maximum absolute atomic E-state index is 12.1. The summed E-state index contributed by atoms with van der Waals surface area (Å²) < 4.78 is 11.8. The van der Waals surface area contributed by atoms with Gasteiger partial charge in [-0.25, -0.2) is 9.78 Å². The van der Waals surface area contributed by atoms with Crippen molar-refractivity contribution < 1.29 is 14.3 Å². The van der Waals surface area contributed by atoms with Gasteiger partial charge in [-0.15, -0.1) is 0 Å². The fourth-order valence-corrected chi connectivity index (χ4v) is 4.07. The van der Waals surface area contributed by atoms with E-state index in [0.29, 0.717) is 23.9 Å². The predicted octanol–water partition coefficient (Wildman–Crippen LogP) is 3.90. The van der Waals surface area contributed by atoms with Gasteiger partial charge in [0.05, 0.1) is 24.1 Å². The summed E-state index contributed by atoms with van der Waals surface area (Å²) in [5.41, 5.74) is 0.903. The van der Waals surface area contributed by atoms with E-state index in [2.05, 4.69) is 28.6 Å². The highest BCUT2D eigenvalue weighted by Crippen LogP contribution is 2.25. The lowest BCUT2D eigenvalue weighted by Crippen LogP contribution is -2.43. The third-order valence-electron chi connectivity index (χ3n) is 5.75. The Kier molecular flexibility index (Phi) is 7.17. The molecule has 0 aromatic carbocycles. The molecule has 2 aliphatic heterocycles. The highest BCUT2D eigenvalue weighted by Gasteiger charge is 2.27. The number of hydrogen-bond donors (Lipinski definition) is 0.